The van der Waals surface area contributed by atoms with Crippen molar-refractivity contribution in [3.8, 4) is 0 Å². The maximum atomic E-state index is 11.9. The van der Waals surface area contributed by atoms with Crippen molar-refractivity contribution in [2.45, 2.75) is 23.3 Å². The van der Waals surface area contributed by atoms with Gasteiger partial charge in [-0.25, -0.2) is 0 Å². The van der Waals surface area contributed by atoms with Crippen LogP contribution in [-0.2, 0) is 23.0 Å². The van der Waals surface area contributed by atoms with Gasteiger partial charge in [0.15, 0.2) is 0 Å². The fraction of sp³-hybridized carbons (Fsp3) is 0.250. The van der Waals surface area contributed by atoms with Gasteiger partial charge in [-0.1, -0.05) is 19.1 Å². The van der Waals surface area contributed by atoms with Gasteiger partial charge in [0.25, 0.3) is 0 Å². The number of hydrogen-bond donors (Lipinski definition) is 0. The summed E-state index contributed by atoms with van der Waals surface area (Å²) in [6.45, 7) is 2.10. The summed E-state index contributed by atoms with van der Waals surface area (Å²) in [5.74, 6) is 0.504. The van der Waals surface area contributed by atoms with Gasteiger partial charge in [0.2, 0.25) is 0 Å². The van der Waals surface area contributed by atoms with Crippen molar-refractivity contribution in [3.05, 3.63) is 47.1 Å². The van der Waals surface area contributed by atoms with Crippen LogP contribution in [0.1, 0.15) is 18.2 Å². The Kier molecular flexibility index (Phi) is 3.85. The van der Waals surface area contributed by atoms with E-state index in [0.717, 1.165) is 16.3 Å². The van der Waals surface area contributed by atoms with Crippen molar-refractivity contribution >= 4 is 22.1 Å². The van der Waals surface area contributed by atoms with Crippen LogP contribution < -0.4 is 0 Å². The lowest BCUT2D eigenvalue weighted by atomic mass is 10.2. The molecule has 2 rings (SSSR count). The largest absolute Gasteiger partial charge is 0.260 e. The normalized spacial score (nSPS) is 12.6. The van der Waals surface area contributed by atoms with Crippen LogP contribution in [0.4, 0.5) is 0 Å². The molecule has 2 aromatic heterocycles. The summed E-state index contributed by atoms with van der Waals surface area (Å²) in [5.41, 5.74) is 2.11. The Balaban J connectivity index is 2.06. The highest BCUT2D eigenvalue weighted by Crippen LogP contribution is 2.16. The summed E-state index contributed by atoms with van der Waals surface area (Å²) in [5, 5.41) is 1.95. The molecule has 0 aliphatic rings. The first-order chi connectivity index (χ1) is 7.79. The third kappa shape index (κ3) is 2.77. The Bertz CT molecular complexity index is 462. The molecule has 0 aromatic carbocycles. The van der Waals surface area contributed by atoms with Crippen molar-refractivity contribution in [2.75, 3.05) is 0 Å². The van der Waals surface area contributed by atoms with Gasteiger partial charge in [-0.05, 0) is 29.5 Å². The summed E-state index contributed by atoms with van der Waals surface area (Å²) >= 11 is 1.53. The first-order valence-corrected chi connectivity index (χ1v) is 7.35. The van der Waals surface area contributed by atoms with E-state index in [2.05, 4.69) is 11.9 Å². The molecule has 0 aliphatic carbocycles. The van der Waals surface area contributed by atoms with Crippen LogP contribution in [0.5, 0.6) is 0 Å². The quantitative estimate of drug-likeness (QED) is 0.836. The van der Waals surface area contributed by atoms with Gasteiger partial charge in [-0.2, -0.15) is 0 Å². The van der Waals surface area contributed by atoms with Crippen LogP contribution in [0.3, 0.4) is 0 Å². The van der Waals surface area contributed by atoms with Crippen LogP contribution in [0.2, 0.25) is 0 Å². The molecule has 2 heterocycles. The van der Waals surface area contributed by atoms with E-state index >= 15 is 0 Å². The van der Waals surface area contributed by atoms with Gasteiger partial charge >= 0.3 is 0 Å². The van der Waals surface area contributed by atoms with Crippen molar-refractivity contribution in [1.82, 2.24) is 4.98 Å². The fourth-order valence-electron chi connectivity index (χ4n) is 1.35. The van der Waals surface area contributed by atoms with E-state index in [1.54, 1.807) is 0 Å². The lowest BCUT2D eigenvalue weighted by Crippen LogP contribution is -1.97. The van der Waals surface area contributed by atoms with E-state index in [0.29, 0.717) is 5.75 Å². The number of nitrogens with zero attached hydrogens (tertiary/aromatic N) is 1. The molecule has 1 atom stereocenters. The van der Waals surface area contributed by atoms with E-state index in [1.165, 1.54) is 16.9 Å². The van der Waals surface area contributed by atoms with Gasteiger partial charge in [-0.15, -0.1) is 11.3 Å². The SMILES string of the molecule is CCc1ccc(CS(=O)c2cccs2)nc1. The summed E-state index contributed by atoms with van der Waals surface area (Å²) < 4.78 is 12.8. The standard InChI is InChI=1S/C12H13NOS2/c1-2-10-5-6-11(13-8-10)9-16(14)12-4-3-7-15-12/h3-8H,2,9H2,1H3. The molecule has 0 aliphatic heterocycles. The molecule has 16 heavy (non-hydrogen) atoms. The minimum atomic E-state index is -0.956. The summed E-state index contributed by atoms with van der Waals surface area (Å²) in [4.78, 5) is 4.31. The van der Waals surface area contributed by atoms with Crippen molar-refractivity contribution in [3.63, 3.8) is 0 Å². The molecule has 0 saturated carbocycles. The summed E-state index contributed by atoms with van der Waals surface area (Å²) in [6.07, 6.45) is 2.85. The number of aromatic nitrogens is 1. The molecule has 0 bridgehead atoms. The predicted octanol–water partition coefficient (Wildman–Crippen LogP) is 3.01. The summed E-state index contributed by atoms with van der Waals surface area (Å²) in [7, 11) is -0.956. The van der Waals surface area contributed by atoms with E-state index in [-0.39, 0.29) is 0 Å². The third-order valence-corrected chi connectivity index (χ3v) is 4.94. The van der Waals surface area contributed by atoms with Crippen LogP contribution in [0.15, 0.2) is 40.1 Å². The first kappa shape index (κ1) is 11.5. The number of aryl methyl sites for hydroxylation is 1. The van der Waals surface area contributed by atoms with E-state index in [1.807, 2.05) is 35.8 Å². The van der Waals surface area contributed by atoms with Gasteiger partial charge in [0, 0.05) is 6.20 Å². The lowest BCUT2D eigenvalue weighted by Gasteiger charge is -2.01. The van der Waals surface area contributed by atoms with Crippen LogP contribution in [0.25, 0.3) is 0 Å². The highest BCUT2D eigenvalue weighted by atomic mass is 32.2. The van der Waals surface area contributed by atoms with Crippen LogP contribution in [-0.4, -0.2) is 9.19 Å². The van der Waals surface area contributed by atoms with Crippen LogP contribution >= 0.6 is 11.3 Å². The van der Waals surface area contributed by atoms with Crippen molar-refractivity contribution in [2.24, 2.45) is 0 Å². The molecule has 0 saturated heterocycles. The monoisotopic (exact) mass is 251 g/mol. The first-order valence-electron chi connectivity index (χ1n) is 5.15. The minimum absolute atomic E-state index is 0.504. The topological polar surface area (TPSA) is 30.0 Å². The Morgan fingerprint density at radius 3 is 2.81 bits per heavy atom. The Labute approximate surface area is 102 Å². The third-order valence-electron chi connectivity index (χ3n) is 2.29. The molecule has 0 fully saturated rings. The molecule has 0 amide bonds. The fourth-order valence-corrected chi connectivity index (χ4v) is 3.38. The van der Waals surface area contributed by atoms with Gasteiger partial charge in [0.05, 0.1) is 26.5 Å². The van der Waals surface area contributed by atoms with Crippen molar-refractivity contribution < 1.29 is 4.21 Å². The van der Waals surface area contributed by atoms with Gasteiger partial charge in [0.1, 0.15) is 0 Å². The average molecular weight is 251 g/mol. The van der Waals surface area contributed by atoms with E-state index < -0.39 is 10.8 Å². The Morgan fingerprint density at radius 1 is 1.38 bits per heavy atom. The molecule has 84 valence electrons. The molecule has 2 aromatic rings. The summed E-state index contributed by atoms with van der Waals surface area (Å²) in [6, 6.07) is 7.84. The molecule has 4 heteroatoms. The number of thiophene rings is 1. The molecule has 1 unspecified atom stereocenters. The Morgan fingerprint density at radius 2 is 2.25 bits per heavy atom. The second-order valence-corrected chi connectivity index (χ2v) is 6.06. The zero-order valence-corrected chi connectivity index (χ0v) is 10.7. The van der Waals surface area contributed by atoms with E-state index in [9.17, 15) is 4.21 Å². The maximum Gasteiger partial charge on any atom is 0.0914 e. The molecule has 0 N–H and O–H groups in total. The molecule has 2 nitrogen and oxygen atoms in total. The number of hydrogen-bond acceptors (Lipinski definition) is 3. The average Bonchev–Trinajstić information content (AvgIpc) is 2.83. The lowest BCUT2D eigenvalue weighted by molar-refractivity contribution is 0.683. The second kappa shape index (κ2) is 5.37. The molecular formula is C12H13NOS2. The van der Waals surface area contributed by atoms with Crippen LogP contribution in [0, 0.1) is 0 Å². The zero-order valence-electron chi connectivity index (χ0n) is 9.05. The molecule has 0 radical (unpaired) electrons. The Hall–Kier alpha value is -1.00. The predicted molar refractivity (Wildman–Crippen MR) is 68.0 cm³/mol. The minimum Gasteiger partial charge on any atom is -0.260 e. The van der Waals surface area contributed by atoms with Crippen molar-refractivity contribution in [1.29, 1.82) is 0 Å². The van der Waals surface area contributed by atoms with Gasteiger partial charge < -0.3 is 0 Å². The van der Waals surface area contributed by atoms with E-state index in [4.69, 9.17) is 0 Å². The van der Waals surface area contributed by atoms with Gasteiger partial charge in [-0.3, -0.25) is 9.19 Å². The second-order valence-electron chi connectivity index (χ2n) is 3.43. The zero-order chi connectivity index (χ0) is 11.4. The highest BCUT2D eigenvalue weighted by molar-refractivity contribution is 7.86. The number of rotatable bonds is 4. The molecular weight excluding hydrogens is 238 g/mol. The smallest absolute Gasteiger partial charge is 0.0914 e. The molecule has 0 spiro atoms. The highest BCUT2D eigenvalue weighted by Gasteiger charge is 2.06. The number of pyridine rings is 1. The maximum absolute atomic E-state index is 11.9.